The van der Waals surface area contributed by atoms with Crippen LogP contribution in [0.25, 0.3) is 22.3 Å². The van der Waals surface area contributed by atoms with Gasteiger partial charge < -0.3 is 20.4 Å². The van der Waals surface area contributed by atoms with E-state index in [2.05, 4.69) is 66.0 Å². The van der Waals surface area contributed by atoms with E-state index in [0.717, 1.165) is 5.56 Å². The summed E-state index contributed by atoms with van der Waals surface area (Å²) in [7, 11) is -1.93. The molecule has 3 N–H and O–H groups in total. The van der Waals surface area contributed by atoms with Gasteiger partial charge in [0.25, 0.3) is 11.8 Å². The molecular weight excluding hydrogens is 560 g/mol. The Morgan fingerprint density at radius 3 is 2.58 bits per heavy atom. The molecule has 0 spiro atoms. The third-order valence-corrected chi connectivity index (χ3v) is 12.6. The average Bonchev–Trinajstić information content (AvgIpc) is 3.61. The number of benzene rings is 1. The first-order valence-corrected chi connectivity index (χ1v) is 17.1. The van der Waals surface area contributed by atoms with E-state index in [1.54, 1.807) is 41.4 Å². The van der Waals surface area contributed by atoms with Gasteiger partial charge in [-0.15, -0.1) is 0 Å². The third-order valence-electron chi connectivity index (χ3n) is 8.15. The zero-order valence-corrected chi connectivity index (χ0v) is 26.1. The summed E-state index contributed by atoms with van der Waals surface area (Å²) in [5.74, 6) is 5.94. The van der Waals surface area contributed by atoms with Gasteiger partial charge in [0.1, 0.15) is 23.7 Å². The Kier molecular flexibility index (Phi) is 8.30. The second kappa shape index (κ2) is 11.9. The summed E-state index contributed by atoms with van der Waals surface area (Å²) in [6, 6.07) is 12.3. The molecule has 12 heteroatoms. The molecule has 4 aromatic rings. The smallest absolute Gasteiger partial charge is 0.298 e. The van der Waals surface area contributed by atoms with Crippen LogP contribution in [0.2, 0.25) is 18.1 Å². The Bertz CT molecular complexity index is 1700. The zero-order valence-electron chi connectivity index (χ0n) is 25.1. The number of likely N-dealkylation sites (tertiary alicyclic amines) is 1. The molecule has 2 amide bonds. The predicted octanol–water partition coefficient (Wildman–Crippen LogP) is 4.52. The Hall–Kier alpha value is -4.60. The molecule has 0 radical (unpaired) electrons. The highest BCUT2D eigenvalue weighted by atomic mass is 28.4. The van der Waals surface area contributed by atoms with Crippen molar-refractivity contribution in [1.82, 2.24) is 29.6 Å². The Balaban J connectivity index is 1.32. The van der Waals surface area contributed by atoms with Gasteiger partial charge in [-0.05, 0) is 54.7 Å². The lowest BCUT2D eigenvalue weighted by Crippen LogP contribution is -2.40. The van der Waals surface area contributed by atoms with Crippen molar-refractivity contribution in [2.75, 3.05) is 30.7 Å². The molecule has 1 fully saturated rings. The normalized spacial score (nSPS) is 15.3. The lowest BCUT2D eigenvalue weighted by molar-refractivity contribution is -0.124. The molecule has 1 aromatic carbocycles. The van der Waals surface area contributed by atoms with E-state index in [-0.39, 0.29) is 29.5 Å². The van der Waals surface area contributed by atoms with Crippen molar-refractivity contribution < 1.29 is 14.0 Å². The third kappa shape index (κ3) is 6.43. The summed E-state index contributed by atoms with van der Waals surface area (Å²) >= 11 is 0. The summed E-state index contributed by atoms with van der Waals surface area (Å²) in [5.41, 5.74) is 8.74. The molecule has 4 heterocycles. The van der Waals surface area contributed by atoms with Crippen LogP contribution >= 0.6 is 0 Å². The van der Waals surface area contributed by atoms with Crippen molar-refractivity contribution >= 4 is 42.8 Å². The Labute approximate surface area is 252 Å². The van der Waals surface area contributed by atoms with Gasteiger partial charge in [-0.1, -0.05) is 44.9 Å². The van der Waals surface area contributed by atoms with Crippen molar-refractivity contribution in [2.45, 2.75) is 51.4 Å². The van der Waals surface area contributed by atoms with E-state index in [0.29, 0.717) is 53.4 Å². The molecule has 0 saturated carbocycles. The fraction of sp³-hybridized carbons (Fsp3) is 0.355. The molecule has 222 valence electrons. The zero-order chi connectivity index (χ0) is 30.8. The van der Waals surface area contributed by atoms with Crippen LogP contribution in [0, 0.1) is 11.8 Å². The van der Waals surface area contributed by atoms with Gasteiger partial charge in [0.15, 0.2) is 14.0 Å². The maximum absolute atomic E-state index is 12.9. The number of aromatic nitrogens is 5. The highest BCUT2D eigenvalue weighted by molar-refractivity contribution is 6.74. The maximum Gasteiger partial charge on any atom is 0.298 e. The summed E-state index contributed by atoms with van der Waals surface area (Å²) in [6.45, 7) is 12.1. The number of nitrogens with one attached hydrogen (secondary N) is 1. The van der Waals surface area contributed by atoms with E-state index in [9.17, 15) is 9.59 Å². The molecule has 11 nitrogen and oxygen atoms in total. The number of hydrogen-bond donors (Lipinski definition) is 2. The van der Waals surface area contributed by atoms with E-state index in [4.69, 9.17) is 15.3 Å². The first kappa shape index (κ1) is 29.9. The fourth-order valence-electron chi connectivity index (χ4n) is 4.61. The van der Waals surface area contributed by atoms with Crippen LogP contribution in [0.15, 0.2) is 55.0 Å². The number of rotatable bonds is 6. The SMILES string of the molecule is CC(C)(C)[Si](C)(C)OCC#CC(=O)N1CC[C@@H](n2nc(-c3ccc(C(=O)Nc4ccccn4)cc3)c3c(N)ncnc32)C1. The Morgan fingerprint density at radius 2 is 1.88 bits per heavy atom. The molecular formula is C31H36N8O3Si. The molecule has 43 heavy (non-hydrogen) atoms. The van der Waals surface area contributed by atoms with Crippen molar-refractivity contribution in [1.29, 1.82) is 0 Å². The number of hydrogen-bond acceptors (Lipinski definition) is 8. The van der Waals surface area contributed by atoms with E-state index < -0.39 is 8.32 Å². The van der Waals surface area contributed by atoms with Gasteiger partial charge in [0.05, 0.1) is 18.0 Å². The molecule has 0 bridgehead atoms. The van der Waals surface area contributed by atoms with E-state index >= 15 is 0 Å². The van der Waals surface area contributed by atoms with Crippen molar-refractivity contribution in [2.24, 2.45) is 0 Å². The standard InChI is InChI=1S/C31H36N8O3Si/c1-31(2,3)43(4,5)42-18-8-10-25(40)38-17-15-23(19-38)39-29-26(28(32)34-20-35-29)27(37-39)21-11-13-22(14-12-21)30(41)36-24-9-6-7-16-33-24/h6-7,9,11-14,16,20,23H,15,17-19H2,1-5H3,(H2,32,34,35)(H,33,36,41)/t23-/m1/s1. The molecule has 1 aliphatic rings. The second-order valence-electron chi connectivity index (χ2n) is 12.0. The van der Waals surface area contributed by atoms with E-state index in [1.165, 1.54) is 6.33 Å². The number of nitrogen functional groups attached to an aromatic ring is 1. The summed E-state index contributed by atoms with van der Waals surface area (Å²) in [4.78, 5) is 40.1. The van der Waals surface area contributed by atoms with Gasteiger partial charge >= 0.3 is 0 Å². The number of fused-ring (bicyclic) bond motifs is 1. The predicted molar refractivity (Wildman–Crippen MR) is 169 cm³/mol. The van der Waals surface area contributed by atoms with Crippen LogP contribution in [0.5, 0.6) is 0 Å². The van der Waals surface area contributed by atoms with Crippen LogP contribution in [0.1, 0.15) is 43.6 Å². The van der Waals surface area contributed by atoms with Gasteiger partial charge in [0, 0.05) is 30.4 Å². The maximum atomic E-state index is 12.9. The first-order valence-electron chi connectivity index (χ1n) is 14.2. The monoisotopic (exact) mass is 596 g/mol. The lowest BCUT2D eigenvalue weighted by Gasteiger charge is -2.35. The minimum absolute atomic E-state index is 0.0793. The first-order chi connectivity index (χ1) is 20.4. The molecule has 1 atom stereocenters. The lowest BCUT2D eigenvalue weighted by atomic mass is 10.1. The van der Waals surface area contributed by atoms with Crippen molar-refractivity contribution in [3.05, 3.63) is 60.6 Å². The largest absolute Gasteiger partial charge is 0.406 e. The number of nitrogens with two attached hydrogens (primary N) is 1. The summed E-state index contributed by atoms with van der Waals surface area (Å²) in [6.07, 6.45) is 3.72. The number of carbonyl (C=O) groups is 2. The van der Waals surface area contributed by atoms with Crippen LogP contribution in [-0.2, 0) is 9.22 Å². The quantitative estimate of drug-likeness (QED) is 0.244. The number of anilines is 2. The van der Waals surface area contributed by atoms with Crippen molar-refractivity contribution in [3.63, 3.8) is 0 Å². The summed E-state index contributed by atoms with van der Waals surface area (Å²) in [5, 5.41) is 8.38. The molecule has 0 aliphatic carbocycles. The number of carbonyl (C=O) groups excluding carboxylic acids is 2. The van der Waals surface area contributed by atoms with Gasteiger partial charge in [-0.3, -0.25) is 9.59 Å². The second-order valence-corrected chi connectivity index (χ2v) is 16.9. The average molecular weight is 597 g/mol. The number of pyridine rings is 1. The fourth-order valence-corrected chi connectivity index (χ4v) is 5.47. The molecule has 1 saturated heterocycles. The van der Waals surface area contributed by atoms with Gasteiger partial charge in [0.2, 0.25) is 0 Å². The summed E-state index contributed by atoms with van der Waals surface area (Å²) < 4.78 is 7.90. The van der Waals surface area contributed by atoms with E-state index in [1.807, 2.05) is 16.8 Å². The van der Waals surface area contributed by atoms with Crippen LogP contribution in [0.4, 0.5) is 11.6 Å². The molecule has 3 aromatic heterocycles. The molecule has 5 rings (SSSR count). The minimum atomic E-state index is -1.93. The minimum Gasteiger partial charge on any atom is -0.406 e. The van der Waals surface area contributed by atoms with Crippen LogP contribution in [-0.4, -0.2) is 69.5 Å². The van der Waals surface area contributed by atoms with Crippen LogP contribution < -0.4 is 11.1 Å². The number of nitrogens with zero attached hydrogens (tertiary/aromatic N) is 6. The highest BCUT2D eigenvalue weighted by Crippen LogP contribution is 2.36. The van der Waals surface area contributed by atoms with Crippen LogP contribution in [0.3, 0.4) is 0 Å². The molecule has 1 aliphatic heterocycles. The molecule has 0 unspecified atom stereocenters. The topological polar surface area (TPSA) is 141 Å². The van der Waals surface area contributed by atoms with Crippen molar-refractivity contribution in [3.8, 4) is 23.1 Å². The number of amides is 2. The Morgan fingerprint density at radius 1 is 1.12 bits per heavy atom. The highest BCUT2D eigenvalue weighted by Gasteiger charge is 2.37. The van der Waals surface area contributed by atoms with Gasteiger partial charge in [-0.25, -0.2) is 19.6 Å². The van der Waals surface area contributed by atoms with Gasteiger partial charge in [-0.2, -0.15) is 5.10 Å².